The van der Waals surface area contributed by atoms with Gasteiger partial charge in [0.2, 0.25) is 0 Å². The van der Waals surface area contributed by atoms with E-state index in [4.69, 9.17) is 0 Å². The van der Waals surface area contributed by atoms with E-state index in [1.165, 1.54) is 11.1 Å². The molecule has 0 saturated carbocycles. The van der Waals surface area contributed by atoms with Gasteiger partial charge in [0.15, 0.2) is 0 Å². The van der Waals surface area contributed by atoms with Crippen molar-refractivity contribution in [2.24, 2.45) is 0 Å². The van der Waals surface area contributed by atoms with E-state index in [0.29, 0.717) is 0 Å². The Bertz CT molecular complexity index is 548. The minimum atomic E-state index is -0.110. The van der Waals surface area contributed by atoms with Gasteiger partial charge in [-0.2, -0.15) is 0 Å². The van der Waals surface area contributed by atoms with Gasteiger partial charge >= 0.3 is 0 Å². The van der Waals surface area contributed by atoms with Gasteiger partial charge in [-0.25, -0.2) is 0 Å². The molecule has 0 unspecified atom stereocenters. The fourth-order valence-corrected chi connectivity index (χ4v) is 3.20. The number of hydrogen-bond donors (Lipinski definition) is 1. The highest BCUT2D eigenvalue weighted by Crippen LogP contribution is 2.35. The summed E-state index contributed by atoms with van der Waals surface area (Å²) in [6.45, 7) is 3.24. The van der Waals surface area contributed by atoms with Crippen LogP contribution in [0.25, 0.3) is 0 Å². The van der Waals surface area contributed by atoms with E-state index < -0.39 is 0 Å². The largest absolute Gasteiger partial charge is 0.395 e. The summed E-state index contributed by atoms with van der Waals surface area (Å²) in [6.07, 6.45) is 5.67. The van der Waals surface area contributed by atoms with Crippen molar-refractivity contribution in [2.75, 3.05) is 19.7 Å². The zero-order valence-corrected chi connectivity index (χ0v) is 12.3. The molecule has 21 heavy (non-hydrogen) atoms. The smallest absolute Gasteiger partial charge is 0.0529 e. The molecule has 0 bridgehead atoms. The summed E-state index contributed by atoms with van der Waals surface area (Å²) < 4.78 is 0. The molecule has 0 atom stereocenters. The highest BCUT2D eigenvalue weighted by molar-refractivity contribution is 5.23. The summed E-state index contributed by atoms with van der Waals surface area (Å²) in [4.78, 5) is 6.69. The molecule has 0 aliphatic carbocycles. The number of nitrogens with zero attached hydrogens (tertiary/aromatic N) is 2. The van der Waals surface area contributed by atoms with Gasteiger partial charge in [-0.3, -0.25) is 9.88 Å². The van der Waals surface area contributed by atoms with Crippen molar-refractivity contribution in [1.82, 2.24) is 9.88 Å². The molecule has 0 spiro atoms. The van der Waals surface area contributed by atoms with Crippen LogP contribution in [0.2, 0.25) is 0 Å². The second-order valence-corrected chi connectivity index (χ2v) is 5.94. The van der Waals surface area contributed by atoms with Crippen molar-refractivity contribution in [2.45, 2.75) is 24.8 Å². The third-order valence-corrected chi connectivity index (χ3v) is 4.64. The SMILES string of the molecule is OCC1(c2cccnc2)CCN(Cc2ccccc2)CC1. The molecule has 3 rings (SSSR count). The Morgan fingerprint density at radius 2 is 1.81 bits per heavy atom. The van der Waals surface area contributed by atoms with Crippen molar-refractivity contribution in [3.8, 4) is 0 Å². The molecule has 1 aliphatic rings. The number of likely N-dealkylation sites (tertiary alicyclic amines) is 1. The lowest BCUT2D eigenvalue weighted by Gasteiger charge is -2.41. The van der Waals surface area contributed by atoms with E-state index in [0.717, 1.165) is 32.5 Å². The molecular weight excluding hydrogens is 260 g/mol. The fraction of sp³-hybridized carbons (Fsp3) is 0.389. The highest BCUT2D eigenvalue weighted by Gasteiger charge is 2.35. The lowest BCUT2D eigenvalue weighted by molar-refractivity contribution is 0.0972. The second kappa shape index (κ2) is 6.37. The number of piperidine rings is 1. The Balaban J connectivity index is 1.66. The molecule has 2 heterocycles. The number of aromatic nitrogens is 1. The molecule has 1 fully saturated rings. The summed E-state index contributed by atoms with van der Waals surface area (Å²) >= 11 is 0. The van der Waals surface area contributed by atoms with E-state index in [-0.39, 0.29) is 12.0 Å². The number of aliphatic hydroxyl groups excluding tert-OH is 1. The van der Waals surface area contributed by atoms with Crippen molar-refractivity contribution < 1.29 is 5.11 Å². The molecule has 1 aromatic heterocycles. The van der Waals surface area contributed by atoms with Crippen molar-refractivity contribution in [1.29, 1.82) is 0 Å². The van der Waals surface area contributed by atoms with Crippen LogP contribution in [-0.4, -0.2) is 34.7 Å². The highest BCUT2D eigenvalue weighted by atomic mass is 16.3. The Morgan fingerprint density at radius 1 is 1.05 bits per heavy atom. The van der Waals surface area contributed by atoms with E-state index in [9.17, 15) is 5.11 Å². The maximum absolute atomic E-state index is 9.92. The first-order valence-electron chi connectivity index (χ1n) is 7.60. The molecule has 3 heteroatoms. The van der Waals surface area contributed by atoms with Gasteiger partial charge in [0, 0.05) is 24.4 Å². The molecule has 1 N–H and O–H groups in total. The molecule has 110 valence electrons. The summed E-state index contributed by atoms with van der Waals surface area (Å²) in [7, 11) is 0. The first kappa shape index (κ1) is 14.2. The minimum Gasteiger partial charge on any atom is -0.395 e. The summed E-state index contributed by atoms with van der Waals surface area (Å²) in [5.74, 6) is 0. The van der Waals surface area contributed by atoms with Gasteiger partial charge in [0.1, 0.15) is 0 Å². The molecule has 1 aliphatic heterocycles. The first-order valence-corrected chi connectivity index (χ1v) is 7.60. The maximum Gasteiger partial charge on any atom is 0.0529 e. The molecule has 0 radical (unpaired) electrons. The van der Waals surface area contributed by atoms with Gasteiger partial charge in [-0.15, -0.1) is 0 Å². The third kappa shape index (κ3) is 3.14. The lowest BCUT2D eigenvalue weighted by Crippen LogP contribution is -2.44. The molecular formula is C18H22N2O. The standard InChI is InChI=1S/C18H22N2O/c21-15-18(17-7-4-10-19-13-17)8-11-20(12-9-18)14-16-5-2-1-3-6-16/h1-7,10,13,21H,8-9,11-12,14-15H2. The number of rotatable bonds is 4. The average Bonchev–Trinajstić information content (AvgIpc) is 2.58. The van der Waals surface area contributed by atoms with Crippen LogP contribution >= 0.6 is 0 Å². The van der Waals surface area contributed by atoms with Crippen LogP contribution in [0.15, 0.2) is 54.9 Å². The van der Waals surface area contributed by atoms with Gasteiger partial charge in [0.05, 0.1) is 6.61 Å². The van der Waals surface area contributed by atoms with Crippen molar-refractivity contribution >= 4 is 0 Å². The van der Waals surface area contributed by atoms with Gasteiger partial charge in [-0.1, -0.05) is 36.4 Å². The number of pyridine rings is 1. The fourth-order valence-electron chi connectivity index (χ4n) is 3.20. The zero-order valence-electron chi connectivity index (χ0n) is 12.3. The van der Waals surface area contributed by atoms with Crippen molar-refractivity contribution in [3.63, 3.8) is 0 Å². The summed E-state index contributed by atoms with van der Waals surface area (Å²) in [6, 6.07) is 14.6. The van der Waals surface area contributed by atoms with Gasteiger partial charge in [-0.05, 0) is 43.1 Å². The predicted molar refractivity (Wildman–Crippen MR) is 84.0 cm³/mol. The minimum absolute atomic E-state index is 0.110. The van der Waals surface area contributed by atoms with Crippen LogP contribution in [0, 0.1) is 0 Å². The second-order valence-electron chi connectivity index (χ2n) is 5.94. The lowest BCUT2D eigenvalue weighted by atomic mass is 9.74. The number of benzene rings is 1. The van der Waals surface area contributed by atoms with Crippen LogP contribution < -0.4 is 0 Å². The number of hydrogen-bond acceptors (Lipinski definition) is 3. The molecule has 1 aromatic carbocycles. The maximum atomic E-state index is 9.92. The number of aliphatic hydroxyl groups is 1. The van der Waals surface area contributed by atoms with Crippen molar-refractivity contribution in [3.05, 3.63) is 66.0 Å². The monoisotopic (exact) mass is 282 g/mol. The summed E-state index contributed by atoms with van der Waals surface area (Å²) in [5.41, 5.74) is 2.42. The molecule has 0 amide bonds. The first-order chi connectivity index (χ1) is 10.3. The van der Waals surface area contributed by atoms with Crippen LogP contribution in [-0.2, 0) is 12.0 Å². The van der Waals surface area contributed by atoms with Gasteiger partial charge in [0.25, 0.3) is 0 Å². The Kier molecular flexibility index (Phi) is 4.32. The van der Waals surface area contributed by atoms with Crippen LogP contribution in [0.1, 0.15) is 24.0 Å². The molecule has 1 saturated heterocycles. The topological polar surface area (TPSA) is 36.4 Å². The van der Waals surface area contributed by atoms with Gasteiger partial charge < -0.3 is 5.11 Å². The quantitative estimate of drug-likeness (QED) is 0.936. The zero-order chi connectivity index (χ0) is 14.5. The van der Waals surface area contributed by atoms with E-state index in [1.807, 2.05) is 12.3 Å². The average molecular weight is 282 g/mol. The molecule has 3 nitrogen and oxygen atoms in total. The summed E-state index contributed by atoms with van der Waals surface area (Å²) in [5, 5.41) is 9.92. The predicted octanol–water partition coefficient (Wildman–Crippen LogP) is 2.61. The Labute approximate surface area is 126 Å². The van der Waals surface area contributed by atoms with E-state index in [2.05, 4.69) is 46.3 Å². The molecule has 2 aromatic rings. The van der Waals surface area contributed by atoms with E-state index in [1.54, 1.807) is 6.20 Å². The normalized spacial score (nSPS) is 18.5. The van der Waals surface area contributed by atoms with E-state index >= 15 is 0 Å². The van der Waals surface area contributed by atoms with Crippen LogP contribution in [0.3, 0.4) is 0 Å². The Morgan fingerprint density at radius 3 is 2.43 bits per heavy atom. The van der Waals surface area contributed by atoms with Crippen LogP contribution in [0.5, 0.6) is 0 Å². The van der Waals surface area contributed by atoms with Crippen LogP contribution in [0.4, 0.5) is 0 Å². The third-order valence-electron chi connectivity index (χ3n) is 4.64. The Hall–Kier alpha value is -1.71.